The minimum atomic E-state index is -0.326. The third-order valence-electron chi connectivity index (χ3n) is 4.73. The zero-order valence-corrected chi connectivity index (χ0v) is 13.7. The Kier molecular flexibility index (Phi) is 4.63. The van der Waals surface area contributed by atoms with Gasteiger partial charge in [0.1, 0.15) is 5.75 Å². The smallest absolute Gasteiger partial charge is 0.251 e. The lowest BCUT2D eigenvalue weighted by Gasteiger charge is -2.36. The molecule has 1 aromatic rings. The van der Waals surface area contributed by atoms with Gasteiger partial charge in [0, 0.05) is 32.2 Å². The third-order valence-corrected chi connectivity index (χ3v) is 4.73. The van der Waals surface area contributed by atoms with E-state index in [1.807, 2.05) is 0 Å². The normalized spacial score (nSPS) is 23.6. The molecule has 2 aliphatic rings. The molecule has 6 heteroatoms. The highest BCUT2D eigenvalue weighted by atomic mass is 16.5. The van der Waals surface area contributed by atoms with Gasteiger partial charge in [0.15, 0.2) is 0 Å². The summed E-state index contributed by atoms with van der Waals surface area (Å²) in [5, 5.41) is 0. The molecule has 2 heterocycles. The summed E-state index contributed by atoms with van der Waals surface area (Å²) in [5.74, 6) is 0.391. The first kappa shape index (κ1) is 16.0. The van der Waals surface area contributed by atoms with E-state index in [1.54, 1.807) is 31.4 Å². The first-order valence-corrected chi connectivity index (χ1v) is 8.11. The van der Waals surface area contributed by atoms with Gasteiger partial charge in [-0.2, -0.15) is 0 Å². The second-order valence-electron chi connectivity index (χ2n) is 5.96. The van der Waals surface area contributed by atoms with Gasteiger partial charge in [-0.25, -0.2) is 4.90 Å². The Morgan fingerprint density at radius 1 is 1.17 bits per heavy atom. The van der Waals surface area contributed by atoms with Crippen molar-refractivity contribution in [1.29, 1.82) is 0 Å². The Labute approximate surface area is 136 Å². The van der Waals surface area contributed by atoms with Crippen LogP contribution >= 0.6 is 0 Å². The molecule has 0 aromatic heterocycles. The van der Waals surface area contributed by atoms with Crippen molar-refractivity contribution in [2.24, 2.45) is 0 Å². The lowest BCUT2D eigenvalue weighted by atomic mass is 10.1. The second-order valence-corrected chi connectivity index (χ2v) is 5.96. The standard InChI is InChI=1S/C17H23N3O3/c1-3-18-7-9-19(10-8-18)15-12-16(21)20(17(15)22)13-5-4-6-14(11-13)23-2/h4-6,11,15H,3,7-10,12H2,1-2H3/t15-/m1/s1. The van der Waals surface area contributed by atoms with Gasteiger partial charge in [-0.05, 0) is 18.7 Å². The number of hydrogen-bond acceptors (Lipinski definition) is 5. The fraction of sp³-hybridized carbons (Fsp3) is 0.529. The van der Waals surface area contributed by atoms with Crippen LogP contribution in [0.3, 0.4) is 0 Å². The number of benzene rings is 1. The number of methoxy groups -OCH3 is 1. The number of imide groups is 1. The van der Waals surface area contributed by atoms with Crippen molar-refractivity contribution < 1.29 is 14.3 Å². The quantitative estimate of drug-likeness (QED) is 0.775. The van der Waals surface area contributed by atoms with E-state index in [4.69, 9.17) is 4.74 Å². The first-order chi connectivity index (χ1) is 11.1. The molecular formula is C17H23N3O3. The molecule has 0 spiro atoms. The molecule has 2 amide bonds. The number of piperazine rings is 1. The monoisotopic (exact) mass is 317 g/mol. The molecule has 0 radical (unpaired) electrons. The SMILES string of the molecule is CCN1CCN([C@@H]2CC(=O)N(c3cccc(OC)c3)C2=O)CC1. The maximum Gasteiger partial charge on any atom is 0.251 e. The number of ether oxygens (including phenoxy) is 1. The third kappa shape index (κ3) is 3.09. The van der Waals surface area contributed by atoms with Crippen molar-refractivity contribution in [3.05, 3.63) is 24.3 Å². The Bertz CT molecular complexity index is 597. The largest absolute Gasteiger partial charge is 0.497 e. The van der Waals surface area contributed by atoms with Gasteiger partial charge in [-0.15, -0.1) is 0 Å². The van der Waals surface area contributed by atoms with Crippen molar-refractivity contribution in [3.8, 4) is 5.75 Å². The molecule has 0 aliphatic carbocycles. The van der Waals surface area contributed by atoms with Gasteiger partial charge in [0.05, 0.1) is 25.3 Å². The van der Waals surface area contributed by atoms with E-state index in [9.17, 15) is 9.59 Å². The number of hydrogen-bond donors (Lipinski definition) is 0. The topological polar surface area (TPSA) is 53.1 Å². The van der Waals surface area contributed by atoms with Crippen LogP contribution in [0.5, 0.6) is 5.75 Å². The summed E-state index contributed by atoms with van der Waals surface area (Å²) < 4.78 is 5.19. The van der Waals surface area contributed by atoms with Crippen LogP contribution in [0.4, 0.5) is 5.69 Å². The number of rotatable bonds is 4. The van der Waals surface area contributed by atoms with Crippen LogP contribution in [0, 0.1) is 0 Å². The Hall–Kier alpha value is -1.92. The highest BCUT2D eigenvalue weighted by Gasteiger charge is 2.43. The van der Waals surface area contributed by atoms with E-state index < -0.39 is 0 Å². The van der Waals surface area contributed by atoms with Crippen molar-refractivity contribution >= 4 is 17.5 Å². The highest BCUT2D eigenvalue weighted by molar-refractivity contribution is 6.22. The minimum Gasteiger partial charge on any atom is -0.497 e. The van der Waals surface area contributed by atoms with Crippen molar-refractivity contribution in [2.45, 2.75) is 19.4 Å². The van der Waals surface area contributed by atoms with Gasteiger partial charge >= 0.3 is 0 Å². The maximum absolute atomic E-state index is 12.8. The summed E-state index contributed by atoms with van der Waals surface area (Å²) >= 11 is 0. The van der Waals surface area contributed by atoms with E-state index in [1.165, 1.54) is 4.90 Å². The molecule has 0 bridgehead atoms. The zero-order chi connectivity index (χ0) is 16.4. The molecule has 2 fully saturated rings. The van der Waals surface area contributed by atoms with Crippen molar-refractivity contribution in [1.82, 2.24) is 9.80 Å². The number of carbonyl (C=O) groups excluding carboxylic acids is 2. The molecule has 1 aromatic carbocycles. The Morgan fingerprint density at radius 3 is 2.57 bits per heavy atom. The van der Waals surface area contributed by atoms with E-state index in [-0.39, 0.29) is 24.3 Å². The average Bonchev–Trinajstić information content (AvgIpc) is 2.89. The molecule has 6 nitrogen and oxygen atoms in total. The lowest BCUT2D eigenvalue weighted by molar-refractivity contribution is -0.123. The van der Waals surface area contributed by atoms with Crippen LogP contribution in [-0.2, 0) is 9.59 Å². The van der Waals surface area contributed by atoms with Gasteiger partial charge in [0.25, 0.3) is 5.91 Å². The Balaban J connectivity index is 1.75. The molecule has 2 saturated heterocycles. The zero-order valence-electron chi connectivity index (χ0n) is 13.7. The summed E-state index contributed by atoms with van der Waals surface area (Å²) in [6, 6.07) is 6.77. The van der Waals surface area contributed by atoms with Crippen molar-refractivity contribution in [3.63, 3.8) is 0 Å². The van der Waals surface area contributed by atoms with E-state index in [2.05, 4.69) is 16.7 Å². The van der Waals surface area contributed by atoms with E-state index in [0.717, 1.165) is 32.7 Å². The summed E-state index contributed by atoms with van der Waals surface area (Å²) in [7, 11) is 1.57. The number of likely N-dealkylation sites (N-methyl/N-ethyl adjacent to an activating group) is 1. The predicted octanol–water partition coefficient (Wildman–Crippen LogP) is 0.965. The first-order valence-electron chi connectivity index (χ1n) is 8.11. The van der Waals surface area contributed by atoms with Crippen LogP contribution in [0.2, 0.25) is 0 Å². The lowest BCUT2D eigenvalue weighted by Crippen LogP contribution is -2.52. The van der Waals surface area contributed by atoms with Crippen LogP contribution in [0.25, 0.3) is 0 Å². The maximum atomic E-state index is 12.8. The fourth-order valence-electron chi connectivity index (χ4n) is 3.31. The van der Waals surface area contributed by atoms with Crippen LogP contribution < -0.4 is 9.64 Å². The summed E-state index contributed by atoms with van der Waals surface area (Å²) in [6.07, 6.45) is 0.266. The molecule has 23 heavy (non-hydrogen) atoms. The number of carbonyl (C=O) groups is 2. The van der Waals surface area contributed by atoms with E-state index >= 15 is 0 Å². The van der Waals surface area contributed by atoms with Crippen LogP contribution in [0.1, 0.15) is 13.3 Å². The number of anilines is 1. The van der Waals surface area contributed by atoms with Crippen LogP contribution in [0.15, 0.2) is 24.3 Å². The van der Waals surface area contributed by atoms with Crippen LogP contribution in [-0.4, -0.2) is 67.5 Å². The molecule has 124 valence electrons. The Morgan fingerprint density at radius 2 is 1.91 bits per heavy atom. The van der Waals surface area contributed by atoms with Crippen molar-refractivity contribution in [2.75, 3.05) is 44.7 Å². The van der Waals surface area contributed by atoms with E-state index in [0.29, 0.717) is 11.4 Å². The molecular weight excluding hydrogens is 294 g/mol. The molecule has 2 aliphatic heterocycles. The summed E-state index contributed by atoms with van der Waals surface area (Å²) in [6.45, 7) is 6.75. The predicted molar refractivity (Wildman–Crippen MR) is 87.6 cm³/mol. The number of amides is 2. The second kappa shape index (κ2) is 6.68. The van der Waals surface area contributed by atoms with Gasteiger partial charge in [0.2, 0.25) is 5.91 Å². The minimum absolute atomic E-state index is 0.117. The molecule has 0 N–H and O–H groups in total. The molecule has 1 atom stereocenters. The summed E-state index contributed by atoms with van der Waals surface area (Å²) in [4.78, 5) is 31.0. The summed E-state index contributed by atoms with van der Waals surface area (Å²) in [5.41, 5.74) is 0.592. The fourth-order valence-corrected chi connectivity index (χ4v) is 3.31. The number of nitrogens with zero attached hydrogens (tertiary/aromatic N) is 3. The molecule has 0 saturated carbocycles. The molecule has 0 unspecified atom stereocenters. The van der Waals surface area contributed by atoms with Gasteiger partial charge in [-0.3, -0.25) is 14.5 Å². The van der Waals surface area contributed by atoms with Gasteiger partial charge in [-0.1, -0.05) is 13.0 Å². The molecule has 3 rings (SSSR count). The van der Waals surface area contributed by atoms with Gasteiger partial charge < -0.3 is 9.64 Å². The highest BCUT2D eigenvalue weighted by Crippen LogP contribution is 2.28. The average molecular weight is 317 g/mol.